The summed E-state index contributed by atoms with van der Waals surface area (Å²) in [6.45, 7) is 1.69. The maximum absolute atomic E-state index is 10.8. The minimum absolute atomic E-state index is 0.470. The molecule has 1 aliphatic heterocycles. The second kappa shape index (κ2) is 3.94. The number of carbonyl (C=O) groups is 1. The summed E-state index contributed by atoms with van der Waals surface area (Å²) in [6, 6.07) is 0. The first-order valence-electron chi connectivity index (χ1n) is 3.84. The van der Waals surface area contributed by atoms with Crippen molar-refractivity contribution in [3.8, 4) is 0 Å². The molecule has 0 aromatic carbocycles. The molecule has 0 aromatic rings. The van der Waals surface area contributed by atoms with Gasteiger partial charge < -0.3 is 9.64 Å². The van der Waals surface area contributed by atoms with Crippen molar-refractivity contribution in [3.05, 3.63) is 0 Å². The summed E-state index contributed by atoms with van der Waals surface area (Å²) in [5, 5.41) is 2.53. The highest BCUT2D eigenvalue weighted by atomic mass is 16.5. The number of aliphatic imine (C=N–C) groups is 1. The van der Waals surface area contributed by atoms with Gasteiger partial charge in [-0.25, -0.2) is 4.79 Å². The van der Waals surface area contributed by atoms with Crippen LogP contribution in [0.4, 0.5) is 4.79 Å². The van der Waals surface area contributed by atoms with Gasteiger partial charge in [0.25, 0.3) is 0 Å². The molecule has 0 saturated carbocycles. The molecule has 1 heterocycles. The van der Waals surface area contributed by atoms with Crippen LogP contribution < -0.4 is 5.32 Å². The molecule has 5 heteroatoms. The van der Waals surface area contributed by atoms with Crippen molar-refractivity contribution >= 4 is 12.1 Å². The average Bonchev–Trinajstić information content (AvgIpc) is 2.09. The van der Waals surface area contributed by atoms with E-state index in [0.29, 0.717) is 5.96 Å². The van der Waals surface area contributed by atoms with Crippen LogP contribution in [0.3, 0.4) is 0 Å². The Morgan fingerprint density at radius 1 is 1.75 bits per heavy atom. The van der Waals surface area contributed by atoms with Crippen molar-refractivity contribution in [2.75, 3.05) is 27.2 Å². The molecule has 5 nitrogen and oxygen atoms in total. The van der Waals surface area contributed by atoms with E-state index in [9.17, 15) is 4.79 Å². The number of hydrogen-bond acceptors (Lipinski definition) is 4. The molecule has 0 spiro atoms. The Morgan fingerprint density at radius 3 is 3.08 bits per heavy atom. The number of guanidine groups is 1. The Bertz CT molecular complexity index is 203. The quantitative estimate of drug-likeness (QED) is 0.559. The summed E-state index contributed by atoms with van der Waals surface area (Å²) in [5.41, 5.74) is 0. The molecule has 0 fully saturated rings. The van der Waals surface area contributed by atoms with Crippen molar-refractivity contribution in [1.82, 2.24) is 10.2 Å². The highest BCUT2D eigenvalue weighted by Crippen LogP contribution is 1.97. The Hall–Kier alpha value is -1.26. The summed E-state index contributed by atoms with van der Waals surface area (Å²) in [5.74, 6) is 0.591. The lowest BCUT2D eigenvalue weighted by Crippen LogP contribution is -2.44. The normalized spacial score (nSPS) is 16.8. The monoisotopic (exact) mass is 171 g/mol. The Morgan fingerprint density at radius 2 is 2.50 bits per heavy atom. The number of alkyl carbamates (subject to hydrolysis) is 1. The largest absolute Gasteiger partial charge is 0.453 e. The predicted molar refractivity (Wildman–Crippen MR) is 45.1 cm³/mol. The van der Waals surface area contributed by atoms with Gasteiger partial charge in [-0.2, -0.15) is 0 Å². The Kier molecular flexibility index (Phi) is 2.90. The summed E-state index contributed by atoms with van der Waals surface area (Å²) in [6.07, 6.45) is 0.561. The standard InChI is InChI=1S/C7H13N3O2/c1-10-5-3-4-8-6(10)9-7(11)12-2/h3-5H2,1-2H3,(H,8,9,11). The summed E-state index contributed by atoms with van der Waals surface area (Å²) in [4.78, 5) is 16.8. The zero-order valence-electron chi connectivity index (χ0n) is 7.33. The van der Waals surface area contributed by atoms with Crippen LogP contribution in [0.25, 0.3) is 0 Å². The lowest BCUT2D eigenvalue weighted by molar-refractivity contribution is 0.175. The first-order chi connectivity index (χ1) is 5.74. The molecule has 0 aliphatic carbocycles. The van der Waals surface area contributed by atoms with Crippen LogP contribution in [0.5, 0.6) is 0 Å². The number of carbonyl (C=O) groups excluding carboxylic acids is 1. The van der Waals surface area contributed by atoms with E-state index in [1.807, 2.05) is 11.9 Å². The van der Waals surface area contributed by atoms with Crippen LogP contribution >= 0.6 is 0 Å². The van der Waals surface area contributed by atoms with E-state index < -0.39 is 6.09 Å². The zero-order valence-corrected chi connectivity index (χ0v) is 7.33. The third-order valence-corrected chi connectivity index (χ3v) is 1.67. The third kappa shape index (κ3) is 2.11. The van der Waals surface area contributed by atoms with Gasteiger partial charge in [0.05, 0.1) is 7.11 Å². The van der Waals surface area contributed by atoms with Gasteiger partial charge in [-0.3, -0.25) is 10.3 Å². The summed E-state index contributed by atoms with van der Waals surface area (Å²) in [7, 11) is 3.21. The van der Waals surface area contributed by atoms with Crippen LogP contribution in [0.15, 0.2) is 4.99 Å². The first kappa shape index (κ1) is 8.83. The van der Waals surface area contributed by atoms with Crippen molar-refractivity contribution in [1.29, 1.82) is 0 Å². The fraction of sp³-hybridized carbons (Fsp3) is 0.714. The second-order valence-corrected chi connectivity index (χ2v) is 2.60. The number of amides is 1. The van der Waals surface area contributed by atoms with Gasteiger partial charge in [-0.1, -0.05) is 0 Å². The predicted octanol–water partition coefficient (Wildman–Crippen LogP) is 0.0339. The number of nitrogens with one attached hydrogen (secondary N) is 1. The molecular weight excluding hydrogens is 158 g/mol. The topological polar surface area (TPSA) is 53.9 Å². The average molecular weight is 171 g/mol. The van der Waals surface area contributed by atoms with E-state index in [1.165, 1.54) is 7.11 Å². The van der Waals surface area contributed by atoms with Gasteiger partial charge in [0.15, 0.2) is 0 Å². The smallest absolute Gasteiger partial charge is 0.413 e. The van der Waals surface area contributed by atoms with Gasteiger partial charge in [0, 0.05) is 20.1 Å². The van der Waals surface area contributed by atoms with Crippen LogP contribution in [0.2, 0.25) is 0 Å². The van der Waals surface area contributed by atoms with Crippen molar-refractivity contribution in [2.45, 2.75) is 6.42 Å². The maximum Gasteiger partial charge on any atom is 0.413 e. The van der Waals surface area contributed by atoms with E-state index in [-0.39, 0.29) is 0 Å². The molecule has 68 valence electrons. The highest BCUT2D eigenvalue weighted by molar-refractivity contribution is 5.93. The molecule has 0 aromatic heterocycles. The molecule has 0 saturated heterocycles. The maximum atomic E-state index is 10.8. The summed E-state index contributed by atoms with van der Waals surface area (Å²) >= 11 is 0. The first-order valence-corrected chi connectivity index (χ1v) is 3.84. The molecule has 1 aliphatic rings. The molecule has 0 bridgehead atoms. The Labute approximate surface area is 71.4 Å². The van der Waals surface area contributed by atoms with Crippen LogP contribution in [0.1, 0.15) is 6.42 Å². The van der Waals surface area contributed by atoms with Gasteiger partial charge in [0.2, 0.25) is 5.96 Å². The third-order valence-electron chi connectivity index (χ3n) is 1.67. The van der Waals surface area contributed by atoms with Crippen LogP contribution in [0, 0.1) is 0 Å². The van der Waals surface area contributed by atoms with Crippen molar-refractivity contribution < 1.29 is 9.53 Å². The van der Waals surface area contributed by atoms with Crippen molar-refractivity contribution in [3.63, 3.8) is 0 Å². The van der Waals surface area contributed by atoms with Gasteiger partial charge >= 0.3 is 6.09 Å². The molecule has 0 radical (unpaired) electrons. The van der Waals surface area contributed by atoms with Gasteiger partial charge in [-0.15, -0.1) is 0 Å². The van der Waals surface area contributed by atoms with Crippen LogP contribution in [-0.4, -0.2) is 44.2 Å². The molecule has 0 atom stereocenters. The lowest BCUT2D eigenvalue weighted by Gasteiger charge is -2.24. The SMILES string of the molecule is COC(=O)NC1=NCCCN1C. The Balaban J connectivity index is 2.49. The minimum Gasteiger partial charge on any atom is -0.453 e. The van der Waals surface area contributed by atoms with E-state index in [4.69, 9.17) is 0 Å². The zero-order chi connectivity index (χ0) is 8.97. The molecular formula is C7H13N3O2. The fourth-order valence-corrected chi connectivity index (χ4v) is 0.997. The van der Waals surface area contributed by atoms with Gasteiger partial charge in [0.1, 0.15) is 0 Å². The number of ether oxygens (including phenoxy) is 1. The minimum atomic E-state index is -0.470. The molecule has 1 rings (SSSR count). The number of nitrogens with zero attached hydrogens (tertiary/aromatic N) is 2. The van der Waals surface area contributed by atoms with Crippen molar-refractivity contribution in [2.24, 2.45) is 4.99 Å². The number of hydrogen-bond donors (Lipinski definition) is 1. The van der Waals surface area contributed by atoms with E-state index in [0.717, 1.165) is 19.5 Å². The van der Waals surface area contributed by atoms with E-state index in [1.54, 1.807) is 0 Å². The van der Waals surface area contributed by atoms with E-state index in [2.05, 4.69) is 15.0 Å². The number of methoxy groups -OCH3 is 1. The number of rotatable bonds is 0. The fourth-order valence-electron chi connectivity index (χ4n) is 0.997. The molecule has 1 amide bonds. The van der Waals surface area contributed by atoms with Gasteiger partial charge in [-0.05, 0) is 6.42 Å². The van der Waals surface area contributed by atoms with Crippen LogP contribution in [-0.2, 0) is 4.74 Å². The second-order valence-electron chi connectivity index (χ2n) is 2.60. The molecule has 0 unspecified atom stereocenters. The molecule has 12 heavy (non-hydrogen) atoms. The van der Waals surface area contributed by atoms with E-state index >= 15 is 0 Å². The molecule has 1 N–H and O–H groups in total. The highest BCUT2D eigenvalue weighted by Gasteiger charge is 2.13. The lowest BCUT2D eigenvalue weighted by atomic mass is 10.3. The summed E-state index contributed by atoms with van der Waals surface area (Å²) < 4.78 is 4.44.